The van der Waals surface area contributed by atoms with Crippen LogP contribution in [0, 0.1) is 0 Å². The fourth-order valence-corrected chi connectivity index (χ4v) is 2.37. The van der Waals surface area contributed by atoms with Gasteiger partial charge in [0.05, 0.1) is 13.0 Å². The highest BCUT2D eigenvalue weighted by Gasteiger charge is 2.19. The summed E-state index contributed by atoms with van der Waals surface area (Å²) < 4.78 is 5.02. The summed E-state index contributed by atoms with van der Waals surface area (Å²) in [6.45, 7) is 2.57. The summed E-state index contributed by atoms with van der Waals surface area (Å²) >= 11 is 0. The van der Waals surface area contributed by atoms with Crippen LogP contribution in [0.5, 0.6) is 5.88 Å². The standard InChI is InChI=1S/C18H22N2O2/c1-3-7-16(15-8-5-4-6-9-15)18(21)20-13-14-10-11-17(22-2)19-12-14/h4-6,8-12,16H,3,7,13H2,1-2H3,(H,20,21). The highest BCUT2D eigenvalue weighted by atomic mass is 16.5. The molecule has 4 heteroatoms. The van der Waals surface area contributed by atoms with Gasteiger partial charge in [-0.2, -0.15) is 0 Å². The molecule has 2 aromatic rings. The van der Waals surface area contributed by atoms with Crippen molar-refractivity contribution in [3.8, 4) is 5.88 Å². The van der Waals surface area contributed by atoms with Crippen LogP contribution < -0.4 is 10.1 Å². The SMILES string of the molecule is CCCC(C(=O)NCc1ccc(OC)nc1)c1ccccc1. The van der Waals surface area contributed by atoms with E-state index in [1.807, 2.05) is 36.4 Å². The smallest absolute Gasteiger partial charge is 0.227 e. The molecule has 1 amide bonds. The summed E-state index contributed by atoms with van der Waals surface area (Å²) in [5.74, 6) is 0.532. The lowest BCUT2D eigenvalue weighted by Gasteiger charge is -2.16. The third kappa shape index (κ3) is 4.32. The second-order valence-corrected chi connectivity index (χ2v) is 5.18. The van der Waals surface area contributed by atoms with E-state index in [-0.39, 0.29) is 11.8 Å². The predicted molar refractivity (Wildman–Crippen MR) is 86.7 cm³/mol. The van der Waals surface area contributed by atoms with E-state index in [1.54, 1.807) is 19.4 Å². The molecule has 116 valence electrons. The minimum absolute atomic E-state index is 0.0591. The van der Waals surface area contributed by atoms with Crippen molar-refractivity contribution in [2.24, 2.45) is 0 Å². The van der Waals surface area contributed by atoms with E-state index in [9.17, 15) is 4.79 Å². The maximum atomic E-state index is 12.5. The first-order chi connectivity index (χ1) is 10.7. The lowest BCUT2D eigenvalue weighted by Crippen LogP contribution is -2.29. The molecule has 0 aliphatic heterocycles. The molecular weight excluding hydrogens is 276 g/mol. The number of pyridine rings is 1. The number of methoxy groups -OCH3 is 1. The van der Waals surface area contributed by atoms with Crippen LogP contribution in [0.1, 0.15) is 36.8 Å². The maximum Gasteiger partial charge on any atom is 0.227 e. The first kappa shape index (κ1) is 16.0. The van der Waals surface area contributed by atoms with Crippen molar-refractivity contribution in [3.63, 3.8) is 0 Å². The van der Waals surface area contributed by atoms with Crippen LogP contribution >= 0.6 is 0 Å². The molecule has 1 atom stereocenters. The van der Waals surface area contributed by atoms with Crippen molar-refractivity contribution in [3.05, 3.63) is 59.8 Å². The van der Waals surface area contributed by atoms with Gasteiger partial charge in [-0.1, -0.05) is 49.7 Å². The predicted octanol–water partition coefficient (Wildman–Crippen LogP) is 3.29. The van der Waals surface area contributed by atoms with Crippen molar-refractivity contribution in [2.75, 3.05) is 7.11 Å². The van der Waals surface area contributed by atoms with Gasteiger partial charge in [0.25, 0.3) is 0 Å². The first-order valence-electron chi connectivity index (χ1n) is 7.56. The van der Waals surface area contributed by atoms with Crippen LogP contribution in [0.25, 0.3) is 0 Å². The van der Waals surface area contributed by atoms with Crippen molar-refractivity contribution in [1.29, 1.82) is 0 Å². The minimum Gasteiger partial charge on any atom is -0.481 e. The number of ether oxygens (including phenoxy) is 1. The van der Waals surface area contributed by atoms with Crippen molar-refractivity contribution >= 4 is 5.91 Å². The topological polar surface area (TPSA) is 51.2 Å². The Morgan fingerprint density at radius 3 is 2.59 bits per heavy atom. The summed E-state index contributed by atoms with van der Waals surface area (Å²) in [6, 6.07) is 13.6. The zero-order chi connectivity index (χ0) is 15.8. The minimum atomic E-state index is -0.0996. The Balaban J connectivity index is 1.99. The van der Waals surface area contributed by atoms with Crippen molar-refractivity contribution in [2.45, 2.75) is 32.2 Å². The quantitative estimate of drug-likeness (QED) is 0.853. The van der Waals surface area contributed by atoms with Crippen LogP contribution in [0.2, 0.25) is 0 Å². The Kier molecular flexibility index (Phi) is 5.95. The molecule has 1 heterocycles. The highest BCUT2D eigenvalue weighted by molar-refractivity contribution is 5.83. The number of rotatable bonds is 7. The van der Waals surface area contributed by atoms with E-state index >= 15 is 0 Å². The molecule has 2 rings (SSSR count). The van der Waals surface area contributed by atoms with Gasteiger partial charge in [-0.15, -0.1) is 0 Å². The average Bonchev–Trinajstić information content (AvgIpc) is 2.58. The maximum absolute atomic E-state index is 12.5. The number of benzene rings is 1. The lowest BCUT2D eigenvalue weighted by molar-refractivity contribution is -0.122. The lowest BCUT2D eigenvalue weighted by atomic mass is 9.93. The molecule has 0 spiro atoms. The Bertz CT molecular complexity index is 582. The molecule has 22 heavy (non-hydrogen) atoms. The highest BCUT2D eigenvalue weighted by Crippen LogP contribution is 2.21. The van der Waals surface area contributed by atoms with E-state index in [0.717, 1.165) is 24.0 Å². The van der Waals surface area contributed by atoms with Gasteiger partial charge in [0.15, 0.2) is 0 Å². The van der Waals surface area contributed by atoms with E-state index in [2.05, 4.69) is 17.2 Å². The normalized spacial score (nSPS) is 11.7. The molecule has 1 aromatic carbocycles. The number of hydrogen-bond acceptors (Lipinski definition) is 3. The molecule has 1 N–H and O–H groups in total. The summed E-state index contributed by atoms with van der Waals surface area (Å²) in [6.07, 6.45) is 3.53. The van der Waals surface area contributed by atoms with Gasteiger partial charge in [0.2, 0.25) is 11.8 Å². The molecule has 4 nitrogen and oxygen atoms in total. The Morgan fingerprint density at radius 2 is 2.00 bits per heavy atom. The van der Waals surface area contributed by atoms with E-state index in [4.69, 9.17) is 4.74 Å². The molecule has 0 saturated carbocycles. The van der Waals surface area contributed by atoms with Gasteiger partial charge in [-0.3, -0.25) is 4.79 Å². The largest absolute Gasteiger partial charge is 0.481 e. The van der Waals surface area contributed by atoms with E-state index < -0.39 is 0 Å². The number of nitrogens with zero attached hydrogens (tertiary/aromatic N) is 1. The van der Waals surface area contributed by atoms with Gasteiger partial charge < -0.3 is 10.1 Å². The van der Waals surface area contributed by atoms with E-state index in [1.165, 1.54) is 0 Å². The van der Waals surface area contributed by atoms with Crippen LogP contribution in [-0.2, 0) is 11.3 Å². The monoisotopic (exact) mass is 298 g/mol. The van der Waals surface area contributed by atoms with E-state index in [0.29, 0.717) is 12.4 Å². The molecule has 0 saturated heterocycles. The molecule has 0 aliphatic carbocycles. The summed E-state index contributed by atoms with van der Waals surface area (Å²) in [5, 5.41) is 3.00. The average molecular weight is 298 g/mol. The van der Waals surface area contributed by atoms with Crippen molar-refractivity contribution in [1.82, 2.24) is 10.3 Å². The molecule has 0 bridgehead atoms. The fourth-order valence-electron chi connectivity index (χ4n) is 2.37. The molecule has 0 fully saturated rings. The fraction of sp³-hybridized carbons (Fsp3) is 0.333. The number of aromatic nitrogens is 1. The Labute approximate surface area is 131 Å². The van der Waals surface area contributed by atoms with Gasteiger partial charge in [-0.25, -0.2) is 4.98 Å². The second kappa shape index (κ2) is 8.17. The van der Waals surface area contributed by atoms with Gasteiger partial charge in [0, 0.05) is 18.8 Å². The number of carbonyl (C=O) groups excluding carboxylic acids is 1. The zero-order valence-electron chi connectivity index (χ0n) is 13.1. The van der Waals surface area contributed by atoms with Crippen LogP contribution in [-0.4, -0.2) is 18.0 Å². The number of hydrogen-bond donors (Lipinski definition) is 1. The van der Waals surface area contributed by atoms with Crippen molar-refractivity contribution < 1.29 is 9.53 Å². The number of carbonyl (C=O) groups is 1. The van der Waals surface area contributed by atoms with Crippen LogP contribution in [0.4, 0.5) is 0 Å². The van der Waals surface area contributed by atoms with Gasteiger partial charge in [0.1, 0.15) is 0 Å². The van der Waals surface area contributed by atoms with Gasteiger partial charge >= 0.3 is 0 Å². The van der Waals surface area contributed by atoms with Gasteiger partial charge in [-0.05, 0) is 17.5 Å². The third-order valence-corrected chi connectivity index (χ3v) is 3.57. The molecule has 0 aliphatic rings. The summed E-state index contributed by atoms with van der Waals surface area (Å²) in [4.78, 5) is 16.6. The Morgan fingerprint density at radius 1 is 1.23 bits per heavy atom. The summed E-state index contributed by atoms with van der Waals surface area (Å²) in [5.41, 5.74) is 2.02. The summed E-state index contributed by atoms with van der Waals surface area (Å²) in [7, 11) is 1.58. The molecule has 0 radical (unpaired) electrons. The second-order valence-electron chi connectivity index (χ2n) is 5.18. The number of nitrogens with one attached hydrogen (secondary N) is 1. The Hall–Kier alpha value is -2.36. The number of amides is 1. The van der Waals surface area contributed by atoms with Crippen LogP contribution in [0.15, 0.2) is 48.7 Å². The first-order valence-corrected chi connectivity index (χ1v) is 7.56. The zero-order valence-corrected chi connectivity index (χ0v) is 13.1. The van der Waals surface area contributed by atoms with Crippen LogP contribution in [0.3, 0.4) is 0 Å². The molecule has 1 unspecified atom stereocenters. The third-order valence-electron chi connectivity index (χ3n) is 3.57. The molecular formula is C18H22N2O2. The molecule has 1 aromatic heterocycles.